The van der Waals surface area contributed by atoms with Crippen molar-refractivity contribution in [2.45, 2.75) is 32.6 Å². The van der Waals surface area contributed by atoms with Gasteiger partial charge in [0.15, 0.2) is 0 Å². The molecule has 0 aliphatic heterocycles. The number of carbonyl (C=O) groups excluding carboxylic acids is 1. The minimum atomic E-state index is 0.214. The predicted octanol–water partition coefficient (Wildman–Crippen LogP) is 1.09. The molecular formula is C8H15NO. The van der Waals surface area contributed by atoms with Crippen molar-refractivity contribution in [3.05, 3.63) is 0 Å². The first-order valence-corrected chi connectivity index (χ1v) is 3.94. The molecule has 2 heteroatoms. The van der Waals surface area contributed by atoms with Crippen molar-refractivity contribution in [3.8, 4) is 0 Å². The van der Waals surface area contributed by atoms with Crippen molar-refractivity contribution in [2.75, 3.05) is 6.54 Å². The first-order valence-electron chi connectivity index (χ1n) is 3.94. The lowest BCUT2D eigenvalue weighted by molar-refractivity contribution is -0.132. The zero-order valence-electron chi connectivity index (χ0n) is 6.52. The Balaban J connectivity index is 2.39. The summed E-state index contributed by atoms with van der Waals surface area (Å²) in [6, 6.07) is 0. The average Bonchev–Trinajstić information content (AvgIpc) is 1.84. The lowest BCUT2D eigenvalue weighted by Gasteiger charge is -2.39. The van der Waals surface area contributed by atoms with Gasteiger partial charge in [-0.2, -0.15) is 0 Å². The Morgan fingerprint density at radius 1 is 1.60 bits per heavy atom. The van der Waals surface area contributed by atoms with Crippen LogP contribution in [0, 0.1) is 5.41 Å². The number of carbonyl (C=O) groups is 1. The maximum atomic E-state index is 10.7. The summed E-state index contributed by atoms with van der Waals surface area (Å²) in [6.45, 7) is 2.83. The topological polar surface area (TPSA) is 43.1 Å². The third kappa shape index (κ3) is 1.21. The molecule has 0 bridgehead atoms. The largest absolute Gasteiger partial charge is 0.330 e. The van der Waals surface area contributed by atoms with Crippen LogP contribution >= 0.6 is 0 Å². The van der Waals surface area contributed by atoms with Crippen LogP contribution in [0.5, 0.6) is 0 Å². The van der Waals surface area contributed by atoms with Crippen molar-refractivity contribution in [2.24, 2.45) is 11.1 Å². The summed E-state index contributed by atoms with van der Waals surface area (Å²) in [5.41, 5.74) is 5.78. The fourth-order valence-corrected chi connectivity index (χ4v) is 1.74. The summed E-state index contributed by atoms with van der Waals surface area (Å²) in [4.78, 5) is 10.7. The van der Waals surface area contributed by atoms with Gasteiger partial charge >= 0.3 is 0 Å². The van der Waals surface area contributed by atoms with E-state index in [4.69, 9.17) is 5.73 Å². The summed E-state index contributed by atoms with van der Waals surface area (Å²) < 4.78 is 0. The van der Waals surface area contributed by atoms with Crippen LogP contribution < -0.4 is 5.73 Å². The Morgan fingerprint density at radius 2 is 2.20 bits per heavy atom. The van der Waals surface area contributed by atoms with Gasteiger partial charge in [0.05, 0.1) is 0 Å². The van der Waals surface area contributed by atoms with Crippen LogP contribution in [0.4, 0.5) is 0 Å². The van der Waals surface area contributed by atoms with E-state index < -0.39 is 0 Å². The second-order valence-corrected chi connectivity index (χ2v) is 3.35. The van der Waals surface area contributed by atoms with Crippen molar-refractivity contribution >= 4 is 5.78 Å². The zero-order valence-corrected chi connectivity index (χ0v) is 6.52. The van der Waals surface area contributed by atoms with Crippen LogP contribution in [-0.2, 0) is 4.79 Å². The molecule has 1 fully saturated rings. The summed E-state index contributed by atoms with van der Waals surface area (Å²) >= 11 is 0. The summed E-state index contributed by atoms with van der Waals surface area (Å²) in [6.07, 6.45) is 3.73. The SMILES string of the molecule is CCCC1(CN)CC(=O)C1. The van der Waals surface area contributed by atoms with Gasteiger partial charge in [-0.1, -0.05) is 13.3 Å². The highest BCUT2D eigenvalue weighted by Gasteiger charge is 2.40. The fourth-order valence-electron chi connectivity index (χ4n) is 1.74. The molecule has 58 valence electrons. The lowest BCUT2D eigenvalue weighted by atomic mass is 9.65. The average molecular weight is 141 g/mol. The molecule has 0 aromatic rings. The van der Waals surface area contributed by atoms with Crippen molar-refractivity contribution in [1.82, 2.24) is 0 Å². The Morgan fingerprint density at radius 3 is 2.50 bits per heavy atom. The van der Waals surface area contributed by atoms with Crippen molar-refractivity contribution < 1.29 is 4.79 Å². The Kier molecular flexibility index (Phi) is 2.09. The van der Waals surface area contributed by atoms with Gasteiger partial charge in [0.2, 0.25) is 0 Å². The van der Waals surface area contributed by atoms with E-state index in [0.29, 0.717) is 12.3 Å². The molecule has 1 saturated carbocycles. The number of rotatable bonds is 3. The van der Waals surface area contributed by atoms with Gasteiger partial charge in [-0.25, -0.2) is 0 Å². The highest BCUT2D eigenvalue weighted by atomic mass is 16.1. The molecular weight excluding hydrogens is 126 g/mol. The van der Waals surface area contributed by atoms with Gasteiger partial charge in [0.1, 0.15) is 5.78 Å². The van der Waals surface area contributed by atoms with Gasteiger partial charge in [-0.15, -0.1) is 0 Å². The number of ketones is 1. The second-order valence-electron chi connectivity index (χ2n) is 3.35. The van der Waals surface area contributed by atoms with E-state index in [-0.39, 0.29) is 5.41 Å². The number of Topliss-reactive ketones (excluding diaryl/α,β-unsaturated/α-hetero) is 1. The molecule has 1 aliphatic rings. The minimum Gasteiger partial charge on any atom is -0.330 e. The normalized spacial score (nSPS) is 22.4. The summed E-state index contributed by atoms with van der Waals surface area (Å²) in [5, 5.41) is 0. The van der Waals surface area contributed by atoms with E-state index in [9.17, 15) is 4.79 Å². The number of hydrogen-bond donors (Lipinski definition) is 1. The first-order chi connectivity index (χ1) is 4.72. The molecule has 0 amide bonds. The Bertz CT molecular complexity index is 134. The number of nitrogens with two attached hydrogens (primary N) is 1. The van der Waals surface area contributed by atoms with Gasteiger partial charge < -0.3 is 5.73 Å². The van der Waals surface area contributed by atoms with Gasteiger partial charge in [0, 0.05) is 12.8 Å². The third-order valence-electron chi connectivity index (χ3n) is 2.36. The summed E-state index contributed by atoms with van der Waals surface area (Å²) in [5.74, 6) is 0.388. The van der Waals surface area contributed by atoms with Crippen molar-refractivity contribution in [1.29, 1.82) is 0 Å². The molecule has 0 radical (unpaired) electrons. The highest BCUT2D eigenvalue weighted by molar-refractivity contribution is 5.86. The molecule has 0 aromatic carbocycles. The maximum Gasteiger partial charge on any atom is 0.134 e. The Labute approximate surface area is 61.8 Å². The van der Waals surface area contributed by atoms with E-state index in [1.807, 2.05) is 0 Å². The molecule has 0 heterocycles. The highest BCUT2D eigenvalue weighted by Crippen LogP contribution is 2.40. The van der Waals surface area contributed by atoms with Crippen LogP contribution in [0.25, 0.3) is 0 Å². The van der Waals surface area contributed by atoms with E-state index in [1.54, 1.807) is 0 Å². The Hall–Kier alpha value is -0.370. The molecule has 0 unspecified atom stereocenters. The van der Waals surface area contributed by atoms with Gasteiger partial charge in [0.25, 0.3) is 0 Å². The molecule has 10 heavy (non-hydrogen) atoms. The quantitative estimate of drug-likeness (QED) is 0.639. The van der Waals surface area contributed by atoms with Crippen LogP contribution in [0.1, 0.15) is 32.6 Å². The molecule has 2 nitrogen and oxygen atoms in total. The molecule has 2 N–H and O–H groups in total. The van der Waals surface area contributed by atoms with Crippen LogP contribution in [0.3, 0.4) is 0 Å². The minimum absolute atomic E-state index is 0.214. The predicted molar refractivity (Wildman–Crippen MR) is 40.6 cm³/mol. The monoisotopic (exact) mass is 141 g/mol. The van der Waals surface area contributed by atoms with E-state index in [0.717, 1.165) is 25.7 Å². The van der Waals surface area contributed by atoms with Crippen LogP contribution in [0.2, 0.25) is 0 Å². The van der Waals surface area contributed by atoms with E-state index >= 15 is 0 Å². The van der Waals surface area contributed by atoms with E-state index in [2.05, 4.69) is 6.92 Å². The molecule has 0 saturated heterocycles. The van der Waals surface area contributed by atoms with E-state index in [1.165, 1.54) is 0 Å². The second kappa shape index (κ2) is 2.70. The molecule has 1 aliphatic carbocycles. The van der Waals surface area contributed by atoms with Gasteiger partial charge in [-0.3, -0.25) is 4.79 Å². The van der Waals surface area contributed by atoms with Crippen LogP contribution in [-0.4, -0.2) is 12.3 Å². The fraction of sp³-hybridized carbons (Fsp3) is 0.875. The molecule has 0 atom stereocenters. The summed E-state index contributed by atoms with van der Waals surface area (Å²) in [7, 11) is 0. The van der Waals surface area contributed by atoms with Gasteiger partial charge in [-0.05, 0) is 18.4 Å². The molecule has 0 aromatic heterocycles. The molecule has 1 rings (SSSR count). The van der Waals surface area contributed by atoms with Crippen LogP contribution in [0.15, 0.2) is 0 Å². The van der Waals surface area contributed by atoms with Crippen molar-refractivity contribution in [3.63, 3.8) is 0 Å². The number of hydrogen-bond acceptors (Lipinski definition) is 2. The smallest absolute Gasteiger partial charge is 0.134 e. The molecule has 0 spiro atoms. The standard InChI is InChI=1S/C8H15NO/c1-2-3-8(6-9)4-7(10)5-8/h2-6,9H2,1H3. The zero-order chi connectivity index (χ0) is 7.61. The lowest BCUT2D eigenvalue weighted by Crippen LogP contribution is -2.43. The maximum absolute atomic E-state index is 10.7. The first kappa shape index (κ1) is 7.73. The third-order valence-corrected chi connectivity index (χ3v) is 2.36.